The van der Waals surface area contributed by atoms with E-state index >= 15 is 0 Å². The zero-order valence-corrected chi connectivity index (χ0v) is 19.2. The molecule has 0 spiro atoms. The predicted molar refractivity (Wildman–Crippen MR) is 124 cm³/mol. The third-order valence-corrected chi connectivity index (χ3v) is 7.50. The molecule has 1 aromatic carbocycles. The Kier molecular flexibility index (Phi) is 6.89. The van der Waals surface area contributed by atoms with E-state index in [1.807, 2.05) is 30.3 Å². The highest BCUT2D eigenvalue weighted by atomic mass is 32.2. The molecule has 7 heteroatoms. The van der Waals surface area contributed by atoms with Gasteiger partial charge in [-0.1, -0.05) is 49.2 Å². The average molecular weight is 441 g/mol. The number of thiazole rings is 1. The van der Waals surface area contributed by atoms with Gasteiger partial charge in [0.2, 0.25) is 5.91 Å². The molecule has 30 heavy (non-hydrogen) atoms. The highest BCUT2D eigenvalue weighted by Gasteiger charge is 2.22. The first-order chi connectivity index (χ1) is 14.6. The maximum absolute atomic E-state index is 12.3. The van der Waals surface area contributed by atoms with Crippen LogP contribution in [0.1, 0.15) is 60.2 Å². The molecule has 2 aromatic heterocycles. The Hall–Kier alpha value is -2.12. The third-order valence-electron chi connectivity index (χ3n) is 5.61. The average Bonchev–Trinajstić information content (AvgIpc) is 3.31. The highest BCUT2D eigenvalue weighted by molar-refractivity contribution is 7.98. The summed E-state index contributed by atoms with van der Waals surface area (Å²) in [4.78, 5) is 21.8. The number of aryl methyl sites for hydroxylation is 1. The number of rotatable bonds is 7. The number of nitrogens with one attached hydrogen (secondary N) is 1. The predicted octanol–water partition coefficient (Wildman–Crippen LogP) is 5.94. The molecular formula is C23H28N4OS2. The van der Waals surface area contributed by atoms with Gasteiger partial charge in [-0.3, -0.25) is 4.79 Å². The van der Waals surface area contributed by atoms with Crippen LogP contribution in [0.25, 0.3) is 0 Å². The van der Waals surface area contributed by atoms with Gasteiger partial charge in [0, 0.05) is 28.6 Å². The quantitative estimate of drug-likeness (QED) is 0.462. The number of para-hydroxylation sites is 1. The molecule has 3 aromatic rings. The molecule has 1 aliphatic carbocycles. The van der Waals surface area contributed by atoms with E-state index in [1.165, 1.54) is 37.8 Å². The standard InChI is InChI=1S/C23H28N4OS2/c1-16-17(2)27(20-11-7-4-8-12-20)23(24-16)30-15-19-14-29-22(26-19)13-21(28)25-18-9-5-3-6-10-18/h3,5-6,9-10,14,20H,4,7-8,11-13,15H2,1-2H3,(H,25,28). The van der Waals surface area contributed by atoms with Crippen molar-refractivity contribution in [2.24, 2.45) is 0 Å². The summed E-state index contributed by atoms with van der Waals surface area (Å²) in [5.41, 5.74) is 4.25. The van der Waals surface area contributed by atoms with Gasteiger partial charge in [0.05, 0.1) is 17.8 Å². The van der Waals surface area contributed by atoms with Crippen molar-refractivity contribution in [2.75, 3.05) is 5.32 Å². The number of hydrogen-bond acceptors (Lipinski definition) is 5. The molecule has 2 heterocycles. The maximum atomic E-state index is 12.3. The molecule has 0 atom stereocenters. The van der Waals surface area contributed by atoms with E-state index in [4.69, 9.17) is 4.98 Å². The Balaban J connectivity index is 1.37. The summed E-state index contributed by atoms with van der Waals surface area (Å²) in [7, 11) is 0. The van der Waals surface area contributed by atoms with Crippen molar-refractivity contribution >= 4 is 34.7 Å². The van der Waals surface area contributed by atoms with Crippen LogP contribution in [0.4, 0.5) is 5.69 Å². The van der Waals surface area contributed by atoms with E-state index < -0.39 is 0 Å². The molecule has 0 unspecified atom stereocenters. The molecule has 1 saturated carbocycles. The molecule has 0 bridgehead atoms. The van der Waals surface area contributed by atoms with E-state index in [0.717, 1.165) is 33.0 Å². The van der Waals surface area contributed by atoms with Crippen LogP contribution in [0.3, 0.4) is 0 Å². The van der Waals surface area contributed by atoms with E-state index in [-0.39, 0.29) is 5.91 Å². The van der Waals surface area contributed by atoms with Crippen molar-refractivity contribution in [1.82, 2.24) is 14.5 Å². The summed E-state index contributed by atoms with van der Waals surface area (Å²) in [6.45, 7) is 4.29. The number of nitrogens with zero attached hydrogens (tertiary/aromatic N) is 3. The molecule has 158 valence electrons. The van der Waals surface area contributed by atoms with Gasteiger partial charge >= 0.3 is 0 Å². The van der Waals surface area contributed by atoms with E-state index in [9.17, 15) is 4.79 Å². The lowest BCUT2D eigenvalue weighted by atomic mass is 9.95. The largest absolute Gasteiger partial charge is 0.326 e. The Morgan fingerprint density at radius 1 is 1.17 bits per heavy atom. The van der Waals surface area contributed by atoms with Crippen LogP contribution in [0.5, 0.6) is 0 Å². The first kappa shape index (κ1) is 21.1. The number of carbonyl (C=O) groups excluding carboxylic acids is 1. The number of benzene rings is 1. The summed E-state index contributed by atoms with van der Waals surface area (Å²) in [6.07, 6.45) is 6.78. The lowest BCUT2D eigenvalue weighted by molar-refractivity contribution is -0.115. The second kappa shape index (κ2) is 9.79. The number of amides is 1. The van der Waals surface area contributed by atoms with Gasteiger partial charge in [0.1, 0.15) is 5.01 Å². The normalized spacial score (nSPS) is 14.7. The Bertz CT molecular complexity index is 990. The minimum absolute atomic E-state index is 0.0335. The number of aromatic nitrogens is 3. The van der Waals surface area contributed by atoms with Crippen molar-refractivity contribution in [1.29, 1.82) is 0 Å². The van der Waals surface area contributed by atoms with Crippen molar-refractivity contribution in [3.63, 3.8) is 0 Å². The zero-order valence-electron chi connectivity index (χ0n) is 17.6. The summed E-state index contributed by atoms with van der Waals surface area (Å²) < 4.78 is 2.46. The first-order valence-electron chi connectivity index (χ1n) is 10.6. The van der Waals surface area contributed by atoms with Crippen LogP contribution in [0.15, 0.2) is 40.9 Å². The van der Waals surface area contributed by atoms with E-state index in [2.05, 4.69) is 34.1 Å². The topological polar surface area (TPSA) is 59.8 Å². The van der Waals surface area contributed by atoms with Gasteiger partial charge in [-0.2, -0.15) is 0 Å². The molecule has 1 aliphatic rings. The van der Waals surface area contributed by atoms with E-state index in [1.54, 1.807) is 23.1 Å². The highest BCUT2D eigenvalue weighted by Crippen LogP contribution is 2.35. The van der Waals surface area contributed by atoms with Crippen molar-refractivity contribution in [3.05, 3.63) is 57.8 Å². The van der Waals surface area contributed by atoms with Gasteiger partial charge < -0.3 is 9.88 Å². The molecule has 1 amide bonds. The van der Waals surface area contributed by atoms with Crippen LogP contribution < -0.4 is 5.32 Å². The third kappa shape index (κ3) is 5.13. The fourth-order valence-corrected chi connectivity index (χ4v) is 5.92. The fraction of sp³-hybridized carbons (Fsp3) is 0.435. The lowest BCUT2D eigenvalue weighted by Gasteiger charge is -2.26. The van der Waals surface area contributed by atoms with Crippen LogP contribution in [-0.4, -0.2) is 20.4 Å². The molecule has 0 aliphatic heterocycles. The minimum atomic E-state index is -0.0335. The first-order valence-corrected chi connectivity index (χ1v) is 12.4. The number of anilines is 1. The molecule has 1 N–H and O–H groups in total. The van der Waals surface area contributed by atoms with E-state index in [0.29, 0.717) is 12.5 Å². The van der Waals surface area contributed by atoms with Crippen LogP contribution in [0.2, 0.25) is 0 Å². The molecule has 5 nitrogen and oxygen atoms in total. The Morgan fingerprint density at radius 3 is 2.70 bits per heavy atom. The monoisotopic (exact) mass is 440 g/mol. The van der Waals surface area contributed by atoms with Crippen LogP contribution >= 0.6 is 23.1 Å². The summed E-state index contributed by atoms with van der Waals surface area (Å²) in [5.74, 6) is 0.744. The SMILES string of the molecule is Cc1nc(SCc2csc(CC(=O)Nc3ccccc3)n2)n(C2CCCCC2)c1C. The summed E-state index contributed by atoms with van der Waals surface area (Å²) in [5, 5.41) is 6.93. The van der Waals surface area contributed by atoms with Gasteiger partial charge in [0.15, 0.2) is 5.16 Å². The fourth-order valence-electron chi connectivity index (χ4n) is 3.97. The minimum Gasteiger partial charge on any atom is -0.326 e. The van der Waals surface area contributed by atoms with Crippen molar-refractivity contribution in [2.45, 2.75) is 69.3 Å². The van der Waals surface area contributed by atoms with Gasteiger partial charge in [-0.15, -0.1) is 11.3 Å². The zero-order chi connectivity index (χ0) is 20.9. The second-order valence-corrected chi connectivity index (χ2v) is 9.72. The Morgan fingerprint density at radius 2 is 1.93 bits per heavy atom. The Labute approximate surface area is 186 Å². The molecule has 4 rings (SSSR count). The number of thioether (sulfide) groups is 1. The molecule has 1 fully saturated rings. The lowest BCUT2D eigenvalue weighted by Crippen LogP contribution is -2.15. The number of hydrogen-bond donors (Lipinski definition) is 1. The summed E-state index contributed by atoms with van der Waals surface area (Å²) in [6, 6.07) is 10.1. The smallest absolute Gasteiger partial charge is 0.231 e. The van der Waals surface area contributed by atoms with Crippen molar-refractivity contribution in [3.8, 4) is 0 Å². The number of imidazole rings is 1. The van der Waals surface area contributed by atoms with Gasteiger partial charge in [-0.25, -0.2) is 9.97 Å². The summed E-state index contributed by atoms with van der Waals surface area (Å²) >= 11 is 3.31. The van der Waals surface area contributed by atoms with Gasteiger partial charge in [-0.05, 0) is 38.8 Å². The molecule has 0 saturated heterocycles. The second-order valence-electron chi connectivity index (χ2n) is 7.84. The van der Waals surface area contributed by atoms with Gasteiger partial charge in [0.25, 0.3) is 0 Å². The van der Waals surface area contributed by atoms with Crippen LogP contribution in [0, 0.1) is 13.8 Å². The van der Waals surface area contributed by atoms with Crippen LogP contribution in [-0.2, 0) is 17.0 Å². The maximum Gasteiger partial charge on any atom is 0.231 e. The molecular weight excluding hydrogens is 412 g/mol. The number of carbonyl (C=O) groups is 1. The molecule has 0 radical (unpaired) electrons. The van der Waals surface area contributed by atoms with Crippen molar-refractivity contribution < 1.29 is 4.79 Å².